The van der Waals surface area contributed by atoms with Gasteiger partial charge in [0.1, 0.15) is 11.6 Å². The minimum absolute atomic E-state index is 0.0446. The van der Waals surface area contributed by atoms with Gasteiger partial charge in [0.25, 0.3) is 0 Å². The molecular formula is C12H14N4O2. The third-order valence-electron chi connectivity index (χ3n) is 3.41. The van der Waals surface area contributed by atoms with E-state index < -0.39 is 4.92 Å². The van der Waals surface area contributed by atoms with Crippen LogP contribution in [0.1, 0.15) is 31.7 Å². The van der Waals surface area contributed by atoms with Crippen LogP contribution in [0, 0.1) is 27.4 Å². The molecule has 2 rings (SSSR count). The standard InChI is InChI=1S/C12H14N4O2/c1-8-3-2-4-10(8)15-12-11(16(17)18)9(7-13)5-6-14-12/h5-6,8,10H,2-4H2,1H3,(H,14,15). The second kappa shape index (κ2) is 5.00. The van der Waals surface area contributed by atoms with Gasteiger partial charge in [-0.3, -0.25) is 10.1 Å². The molecule has 0 radical (unpaired) electrons. The van der Waals surface area contributed by atoms with E-state index in [1.54, 1.807) is 0 Å². The van der Waals surface area contributed by atoms with Crippen molar-refractivity contribution in [3.05, 3.63) is 27.9 Å². The fraction of sp³-hybridized carbons (Fsp3) is 0.500. The number of hydrogen-bond donors (Lipinski definition) is 1. The highest BCUT2D eigenvalue weighted by atomic mass is 16.6. The van der Waals surface area contributed by atoms with Crippen molar-refractivity contribution in [2.75, 3.05) is 5.32 Å². The fourth-order valence-electron chi connectivity index (χ4n) is 2.37. The Morgan fingerprint density at radius 1 is 1.61 bits per heavy atom. The van der Waals surface area contributed by atoms with Gasteiger partial charge < -0.3 is 5.32 Å². The van der Waals surface area contributed by atoms with E-state index in [2.05, 4.69) is 17.2 Å². The highest BCUT2D eigenvalue weighted by molar-refractivity contribution is 5.64. The molecule has 18 heavy (non-hydrogen) atoms. The lowest BCUT2D eigenvalue weighted by Gasteiger charge is -2.17. The molecule has 1 saturated carbocycles. The van der Waals surface area contributed by atoms with Gasteiger partial charge in [0, 0.05) is 12.2 Å². The van der Waals surface area contributed by atoms with Crippen LogP contribution in [-0.4, -0.2) is 15.9 Å². The summed E-state index contributed by atoms with van der Waals surface area (Å²) >= 11 is 0. The smallest absolute Gasteiger partial charge is 0.328 e. The summed E-state index contributed by atoms with van der Waals surface area (Å²) in [5, 5.41) is 23.0. The van der Waals surface area contributed by atoms with E-state index in [4.69, 9.17) is 5.26 Å². The average molecular weight is 246 g/mol. The van der Waals surface area contributed by atoms with Crippen LogP contribution in [0.25, 0.3) is 0 Å². The maximum absolute atomic E-state index is 11.0. The molecule has 0 aliphatic heterocycles. The van der Waals surface area contributed by atoms with E-state index in [1.807, 2.05) is 6.07 Å². The zero-order valence-corrected chi connectivity index (χ0v) is 10.1. The molecule has 1 fully saturated rings. The molecule has 1 aliphatic rings. The van der Waals surface area contributed by atoms with Crippen molar-refractivity contribution in [1.82, 2.24) is 4.98 Å². The van der Waals surface area contributed by atoms with Gasteiger partial charge in [0.15, 0.2) is 0 Å². The first-order valence-corrected chi connectivity index (χ1v) is 5.93. The van der Waals surface area contributed by atoms with Crippen molar-refractivity contribution >= 4 is 11.5 Å². The number of hydrogen-bond acceptors (Lipinski definition) is 5. The van der Waals surface area contributed by atoms with E-state index in [1.165, 1.54) is 12.3 Å². The lowest BCUT2D eigenvalue weighted by Crippen LogP contribution is -2.23. The molecule has 1 aromatic rings. The number of aromatic nitrogens is 1. The lowest BCUT2D eigenvalue weighted by atomic mass is 10.1. The van der Waals surface area contributed by atoms with Gasteiger partial charge in [0.2, 0.25) is 5.82 Å². The summed E-state index contributed by atoms with van der Waals surface area (Å²) < 4.78 is 0. The summed E-state index contributed by atoms with van der Waals surface area (Å²) in [6, 6.07) is 3.39. The van der Waals surface area contributed by atoms with Crippen LogP contribution in [0.5, 0.6) is 0 Å². The third kappa shape index (κ3) is 2.25. The van der Waals surface area contributed by atoms with Gasteiger partial charge in [-0.1, -0.05) is 13.3 Å². The van der Waals surface area contributed by atoms with Crippen molar-refractivity contribution in [3.63, 3.8) is 0 Å². The Hall–Kier alpha value is -2.16. The summed E-state index contributed by atoms with van der Waals surface area (Å²) in [6.45, 7) is 2.12. The van der Waals surface area contributed by atoms with Gasteiger partial charge in [0.05, 0.1) is 4.92 Å². The van der Waals surface area contributed by atoms with E-state index in [9.17, 15) is 10.1 Å². The Bertz CT molecular complexity index is 509. The molecule has 6 heteroatoms. The van der Waals surface area contributed by atoms with Crippen molar-refractivity contribution in [2.24, 2.45) is 5.92 Å². The molecule has 0 spiro atoms. The highest BCUT2D eigenvalue weighted by Crippen LogP contribution is 2.31. The van der Waals surface area contributed by atoms with E-state index in [0.29, 0.717) is 5.92 Å². The number of rotatable bonds is 3. The number of nitriles is 1. The molecular weight excluding hydrogens is 232 g/mol. The quantitative estimate of drug-likeness (QED) is 0.653. The van der Waals surface area contributed by atoms with Crippen LogP contribution in [0.15, 0.2) is 12.3 Å². The maximum Gasteiger partial charge on any atom is 0.328 e. The molecule has 6 nitrogen and oxygen atoms in total. The first kappa shape index (κ1) is 12.3. The summed E-state index contributed by atoms with van der Waals surface area (Å²) in [6.07, 6.45) is 4.64. The Morgan fingerprint density at radius 2 is 2.39 bits per heavy atom. The van der Waals surface area contributed by atoms with Crippen LogP contribution in [0.3, 0.4) is 0 Å². The van der Waals surface area contributed by atoms with Crippen molar-refractivity contribution in [1.29, 1.82) is 5.26 Å². The van der Waals surface area contributed by atoms with Gasteiger partial charge in [-0.05, 0) is 24.8 Å². The van der Waals surface area contributed by atoms with E-state index >= 15 is 0 Å². The van der Waals surface area contributed by atoms with Crippen LogP contribution in [-0.2, 0) is 0 Å². The molecule has 1 aromatic heterocycles. The summed E-state index contributed by atoms with van der Waals surface area (Å²) in [4.78, 5) is 14.5. The highest BCUT2D eigenvalue weighted by Gasteiger charge is 2.28. The van der Waals surface area contributed by atoms with Crippen LogP contribution < -0.4 is 5.32 Å². The molecule has 2 atom stereocenters. The molecule has 0 saturated heterocycles. The van der Waals surface area contributed by atoms with Gasteiger partial charge in [-0.2, -0.15) is 5.26 Å². The third-order valence-corrected chi connectivity index (χ3v) is 3.41. The predicted octanol–water partition coefficient (Wildman–Crippen LogP) is 2.46. The first-order valence-electron chi connectivity index (χ1n) is 5.93. The number of nitrogens with zero attached hydrogens (tertiary/aromatic N) is 3. The molecule has 0 amide bonds. The topological polar surface area (TPSA) is 91.8 Å². The van der Waals surface area contributed by atoms with Crippen molar-refractivity contribution < 1.29 is 4.92 Å². The van der Waals surface area contributed by atoms with Crippen LogP contribution in [0.2, 0.25) is 0 Å². The number of nitro groups is 1. The molecule has 0 bridgehead atoms. The Balaban J connectivity index is 2.33. The second-order valence-corrected chi connectivity index (χ2v) is 4.58. The van der Waals surface area contributed by atoms with E-state index in [0.717, 1.165) is 19.3 Å². The molecule has 1 N–H and O–H groups in total. The lowest BCUT2D eigenvalue weighted by molar-refractivity contribution is -0.384. The number of pyridine rings is 1. The SMILES string of the molecule is CC1CCCC1Nc1nccc(C#N)c1[N+](=O)[O-]. The van der Waals surface area contributed by atoms with Gasteiger partial charge in [-0.15, -0.1) is 0 Å². The molecule has 0 aromatic carbocycles. The van der Waals surface area contributed by atoms with Crippen LogP contribution in [0.4, 0.5) is 11.5 Å². The second-order valence-electron chi connectivity index (χ2n) is 4.58. The average Bonchev–Trinajstić information content (AvgIpc) is 2.74. The Morgan fingerprint density at radius 3 is 2.94 bits per heavy atom. The molecule has 94 valence electrons. The summed E-state index contributed by atoms with van der Waals surface area (Å²) in [7, 11) is 0. The largest absolute Gasteiger partial charge is 0.361 e. The fourth-order valence-corrected chi connectivity index (χ4v) is 2.37. The minimum atomic E-state index is -0.548. The molecule has 1 heterocycles. The summed E-state index contributed by atoms with van der Waals surface area (Å²) in [5.74, 6) is 0.676. The normalized spacial score (nSPS) is 22.4. The van der Waals surface area contributed by atoms with Crippen LogP contribution >= 0.6 is 0 Å². The Labute approximate surface area is 105 Å². The van der Waals surface area contributed by atoms with E-state index in [-0.39, 0.29) is 23.1 Å². The Kier molecular flexibility index (Phi) is 3.42. The minimum Gasteiger partial charge on any atom is -0.361 e. The number of nitrogens with one attached hydrogen (secondary N) is 1. The van der Waals surface area contributed by atoms with Gasteiger partial charge >= 0.3 is 5.69 Å². The first-order chi connectivity index (χ1) is 8.63. The predicted molar refractivity (Wildman–Crippen MR) is 66.0 cm³/mol. The summed E-state index contributed by atoms with van der Waals surface area (Å²) in [5.41, 5.74) is -0.178. The zero-order chi connectivity index (χ0) is 13.1. The maximum atomic E-state index is 11.0. The molecule has 2 unspecified atom stereocenters. The monoisotopic (exact) mass is 246 g/mol. The van der Waals surface area contributed by atoms with Crippen molar-refractivity contribution in [3.8, 4) is 6.07 Å². The van der Waals surface area contributed by atoms with Gasteiger partial charge in [-0.25, -0.2) is 4.98 Å². The zero-order valence-electron chi connectivity index (χ0n) is 10.1. The molecule has 1 aliphatic carbocycles. The van der Waals surface area contributed by atoms with Crippen molar-refractivity contribution in [2.45, 2.75) is 32.2 Å². The number of anilines is 1.